The number of nitrogens with zero attached hydrogens (tertiary/aromatic N) is 2. The number of benzene rings is 1. The van der Waals surface area contributed by atoms with E-state index in [1.807, 2.05) is 31.2 Å². The summed E-state index contributed by atoms with van der Waals surface area (Å²) in [5.74, 6) is 1.35. The lowest BCUT2D eigenvalue weighted by molar-refractivity contribution is -0.117. The van der Waals surface area contributed by atoms with Crippen molar-refractivity contribution >= 4 is 11.6 Å². The van der Waals surface area contributed by atoms with E-state index in [0.29, 0.717) is 5.82 Å². The second-order valence-electron chi connectivity index (χ2n) is 4.93. The molecule has 1 fully saturated rings. The highest BCUT2D eigenvalue weighted by molar-refractivity contribution is 5.98. The van der Waals surface area contributed by atoms with Gasteiger partial charge in [0, 0.05) is 5.56 Å². The molecule has 6 heteroatoms. The number of aromatic nitrogens is 3. The van der Waals surface area contributed by atoms with Crippen molar-refractivity contribution in [1.82, 2.24) is 20.5 Å². The number of aromatic amines is 1. The largest absolute Gasteiger partial charge is 0.324 e. The second-order valence-corrected chi connectivity index (χ2v) is 4.93. The Labute approximate surface area is 117 Å². The molecule has 104 valence electrons. The molecule has 3 N–H and O–H groups in total. The van der Waals surface area contributed by atoms with Gasteiger partial charge in [-0.05, 0) is 38.4 Å². The van der Waals surface area contributed by atoms with Crippen molar-refractivity contribution in [3.05, 3.63) is 30.1 Å². The van der Waals surface area contributed by atoms with E-state index >= 15 is 0 Å². The Hall–Kier alpha value is -2.21. The molecular weight excluding hydrogens is 254 g/mol. The zero-order chi connectivity index (χ0) is 13.9. The summed E-state index contributed by atoms with van der Waals surface area (Å²) in [4.78, 5) is 16.5. The van der Waals surface area contributed by atoms with Crippen molar-refractivity contribution in [2.24, 2.45) is 0 Å². The van der Waals surface area contributed by atoms with Gasteiger partial charge in [-0.3, -0.25) is 9.89 Å². The molecule has 0 radical (unpaired) electrons. The number of aryl methyl sites for hydroxylation is 1. The fourth-order valence-electron chi connectivity index (χ4n) is 2.38. The molecular formula is C14H17N5O. The lowest BCUT2D eigenvalue weighted by Gasteiger charge is -2.13. The van der Waals surface area contributed by atoms with E-state index in [-0.39, 0.29) is 11.9 Å². The summed E-state index contributed by atoms with van der Waals surface area (Å²) < 4.78 is 0. The zero-order valence-electron chi connectivity index (χ0n) is 11.3. The van der Waals surface area contributed by atoms with Crippen LogP contribution >= 0.6 is 0 Å². The van der Waals surface area contributed by atoms with Crippen molar-refractivity contribution in [3.8, 4) is 11.4 Å². The Bertz CT molecular complexity index is 616. The van der Waals surface area contributed by atoms with Gasteiger partial charge >= 0.3 is 0 Å². The Morgan fingerprint density at radius 1 is 1.40 bits per heavy atom. The smallest absolute Gasteiger partial charge is 0.241 e. The number of rotatable bonds is 3. The number of hydrogen-bond donors (Lipinski definition) is 3. The van der Waals surface area contributed by atoms with Crippen LogP contribution in [0, 0.1) is 6.92 Å². The van der Waals surface area contributed by atoms with Gasteiger partial charge in [0.15, 0.2) is 5.82 Å². The molecule has 2 aromatic rings. The monoisotopic (exact) mass is 271 g/mol. The number of hydrogen-bond acceptors (Lipinski definition) is 4. The third kappa shape index (κ3) is 2.55. The summed E-state index contributed by atoms with van der Waals surface area (Å²) in [6, 6.07) is 7.47. The third-order valence-corrected chi connectivity index (χ3v) is 3.40. The number of anilines is 1. The SMILES string of the molecule is Cc1nc(-c2ccccc2NC(=O)[C@@H]2CCCN2)n[nH]1. The lowest BCUT2D eigenvalue weighted by Crippen LogP contribution is -2.35. The van der Waals surface area contributed by atoms with Crippen LogP contribution in [-0.4, -0.2) is 33.7 Å². The predicted molar refractivity (Wildman–Crippen MR) is 76.2 cm³/mol. The molecule has 1 amide bonds. The Kier molecular flexibility index (Phi) is 3.47. The van der Waals surface area contributed by atoms with Crippen LogP contribution in [0.1, 0.15) is 18.7 Å². The first-order valence-corrected chi connectivity index (χ1v) is 6.77. The van der Waals surface area contributed by atoms with Crippen molar-refractivity contribution in [1.29, 1.82) is 0 Å². The minimum absolute atomic E-state index is 0.00204. The highest BCUT2D eigenvalue weighted by atomic mass is 16.2. The first-order chi connectivity index (χ1) is 9.74. The van der Waals surface area contributed by atoms with Crippen LogP contribution in [0.3, 0.4) is 0 Å². The maximum Gasteiger partial charge on any atom is 0.241 e. The Morgan fingerprint density at radius 3 is 2.95 bits per heavy atom. The van der Waals surface area contributed by atoms with Crippen LogP contribution < -0.4 is 10.6 Å². The molecule has 20 heavy (non-hydrogen) atoms. The average Bonchev–Trinajstić information content (AvgIpc) is 3.10. The van der Waals surface area contributed by atoms with Gasteiger partial charge in [0.1, 0.15) is 5.82 Å². The molecule has 0 unspecified atom stereocenters. The van der Waals surface area contributed by atoms with Crippen molar-refractivity contribution in [3.63, 3.8) is 0 Å². The lowest BCUT2D eigenvalue weighted by atomic mass is 10.1. The van der Waals surface area contributed by atoms with E-state index in [2.05, 4.69) is 25.8 Å². The van der Waals surface area contributed by atoms with Crippen molar-refractivity contribution in [2.75, 3.05) is 11.9 Å². The van der Waals surface area contributed by atoms with Gasteiger partial charge < -0.3 is 10.6 Å². The molecule has 0 aliphatic carbocycles. The highest BCUT2D eigenvalue weighted by Gasteiger charge is 2.23. The summed E-state index contributed by atoms with van der Waals surface area (Å²) in [6.45, 7) is 2.75. The number of para-hydroxylation sites is 1. The van der Waals surface area contributed by atoms with Gasteiger partial charge in [0.2, 0.25) is 5.91 Å². The number of amides is 1. The molecule has 1 aliphatic rings. The highest BCUT2D eigenvalue weighted by Crippen LogP contribution is 2.25. The third-order valence-electron chi connectivity index (χ3n) is 3.40. The normalized spacial score (nSPS) is 18.1. The molecule has 0 saturated carbocycles. The van der Waals surface area contributed by atoms with E-state index in [0.717, 1.165) is 36.5 Å². The Morgan fingerprint density at radius 2 is 2.25 bits per heavy atom. The van der Waals surface area contributed by atoms with E-state index in [1.165, 1.54) is 0 Å². The van der Waals surface area contributed by atoms with Crippen LogP contribution in [0.25, 0.3) is 11.4 Å². The van der Waals surface area contributed by atoms with Crippen LogP contribution in [-0.2, 0) is 4.79 Å². The standard InChI is InChI=1S/C14H17N5O/c1-9-16-13(19-18-9)10-5-2-3-6-11(10)17-14(20)12-7-4-8-15-12/h2-3,5-6,12,15H,4,7-8H2,1H3,(H,17,20)(H,16,18,19)/t12-/m0/s1. The molecule has 2 heterocycles. The summed E-state index contributed by atoms with van der Waals surface area (Å²) in [5, 5.41) is 13.1. The Balaban J connectivity index is 1.84. The van der Waals surface area contributed by atoms with Gasteiger partial charge in [-0.1, -0.05) is 12.1 Å². The van der Waals surface area contributed by atoms with E-state index in [4.69, 9.17) is 0 Å². The fourth-order valence-corrected chi connectivity index (χ4v) is 2.38. The predicted octanol–water partition coefficient (Wildman–Crippen LogP) is 1.47. The number of carbonyl (C=O) groups is 1. The molecule has 1 aromatic carbocycles. The van der Waals surface area contributed by atoms with E-state index in [1.54, 1.807) is 0 Å². The van der Waals surface area contributed by atoms with Gasteiger partial charge in [0.05, 0.1) is 11.7 Å². The molecule has 3 rings (SSSR count). The van der Waals surface area contributed by atoms with Crippen LogP contribution in [0.4, 0.5) is 5.69 Å². The number of nitrogens with one attached hydrogen (secondary N) is 3. The minimum atomic E-state index is -0.100. The maximum absolute atomic E-state index is 12.2. The quantitative estimate of drug-likeness (QED) is 0.789. The van der Waals surface area contributed by atoms with Crippen LogP contribution in [0.15, 0.2) is 24.3 Å². The van der Waals surface area contributed by atoms with Crippen LogP contribution in [0.5, 0.6) is 0 Å². The number of carbonyl (C=O) groups excluding carboxylic acids is 1. The van der Waals surface area contributed by atoms with Crippen molar-refractivity contribution in [2.45, 2.75) is 25.8 Å². The summed E-state index contributed by atoms with van der Waals surface area (Å²) in [6.07, 6.45) is 1.92. The summed E-state index contributed by atoms with van der Waals surface area (Å²) >= 11 is 0. The fraction of sp³-hybridized carbons (Fsp3) is 0.357. The first-order valence-electron chi connectivity index (χ1n) is 6.77. The van der Waals surface area contributed by atoms with Gasteiger partial charge in [-0.2, -0.15) is 5.10 Å². The minimum Gasteiger partial charge on any atom is -0.324 e. The maximum atomic E-state index is 12.2. The molecule has 6 nitrogen and oxygen atoms in total. The molecule has 0 bridgehead atoms. The van der Waals surface area contributed by atoms with E-state index < -0.39 is 0 Å². The summed E-state index contributed by atoms with van der Waals surface area (Å²) in [7, 11) is 0. The molecule has 1 saturated heterocycles. The van der Waals surface area contributed by atoms with Gasteiger partial charge in [0.25, 0.3) is 0 Å². The average molecular weight is 271 g/mol. The van der Waals surface area contributed by atoms with Gasteiger partial charge in [-0.25, -0.2) is 4.98 Å². The molecule has 1 aromatic heterocycles. The molecule has 1 aliphatic heterocycles. The van der Waals surface area contributed by atoms with Crippen molar-refractivity contribution < 1.29 is 4.79 Å². The van der Waals surface area contributed by atoms with E-state index in [9.17, 15) is 4.79 Å². The number of H-pyrrole nitrogens is 1. The molecule has 1 atom stereocenters. The second kappa shape index (κ2) is 5.42. The molecule has 0 spiro atoms. The van der Waals surface area contributed by atoms with Gasteiger partial charge in [-0.15, -0.1) is 0 Å². The zero-order valence-corrected chi connectivity index (χ0v) is 11.3. The topological polar surface area (TPSA) is 82.7 Å². The first kappa shape index (κ1) is 12.8. The van der Waals surface area contributed by atoms with Crippen LogP contribution in [0.2, 0.25) is 0 Å². The summed E-state index contributed by atoms with van der Waals surface area (Å²) in [5.41, 5.74) is 1.56.